The van der Waals surface area contributed by atoms with Crippen molar-refractivity contribution in [3.63, 3.8) is 0 Å². The molecular formula is C28H32N6O3. The van der Waals surface area contributed by atoms with Crippen LogP contribution < -0.4 is 5.56 Å². The number of carbonyl (C=O) groups excluding carboxylic acids is 1. The number of tetrazole rings is 1. The number of esters is 1. The fraction of sp³-hybridized carbons (Fsp3) is 0.357. The van der Waals surface area contributed by atoms with E-state index in [1.54, 1.807) is 6.92 Å². The molecule has 4 aromatic rings. The zero-order valence-electron chi connectivity index (χ0n) is 21.5. The van der Waals surface area contributed by atoms with E-state index < -0.39 is 0 Å². The number of H-pyrrole nitrogens is 1. The molecule has 0 amide bonds. The summed E-state index contributed by atoms with van der Waals surface area (Å²) in [6.45, 7) is 6.74. The molecule has 0 aliphatic heterocycles. The third-order valence-corrected chi connectivity index (χ3v) is 6.40. The Labute approximate surface area is 215 Å². The predicted octanol–water partition coefficient (Wildman–Crippen LogP) is 4.29. The zero-order chi connectivity index (χ0) is 26.2. The van der Waals surface area contributed by atoms with Gasteiger partial charge in [-0.2, -0.15) is 10.2 Å². The minimum Gasteiger partial charge on any atom is -0.466 e. The van der Waals surface area contributed by atoms with Gasteiger partial charge in [0.1, 0.15) is 5.82 Å². The van der Waals surface area contributed by atoms with Gasteiger partial charge in [-0.05, 0) is 48.6 Å². The number of aromatic amines is 1. The SMILES string of the molecule is CCCCc1nc(=O)c(CCC(=O)OCC)c(C)n1Cc1ccc(-c2ccccc2-c2nn[nH]n2)cc1. The topological polar surface area (TPSA) is 116 Å². The lowest BCUT2D eigenvalue weighted by Gasteiger charge is -2.19. The molecule has 37 heavy (non-hydrogen) atoms. The number of hydrogen-bond donors (Lipinski definition) is 1. The smallest absolute Gasteiger partial charge is 0.306 e. The second kappa shape index (κ2) is 12.2. The summed E-state index contributed by atoms with van der Waals surface area (Å²) in [6, 6.07) is 16.3. The maximum absolute atomic E-state index is 12.8. The molecule has 192 valence electrons. The van der Waals surface area contributed by atoms with E-state index in [9.17, 15) is 9.59 Å². The maximum Gasteiger partial charge on any atom is 0.306 e. The third kappa shape index (κ3) is 6.17. The summed E-state index contributed by atoms with van der Waals surface area (Å²) in [6.07, 6.45) is 3.15. The van der Waals surface area contributed by atoms with Gasteiger partial charge in [-0.1, -0.05) is 61.9 Å². The minimum atomic E-state index is -0.306. The van der Waals surface area contributed by atoms with E-state index in [0.29, 0.717) is 31.0 Å². The first-order valence-electron chi connectivity index (χ1n) is 12.7. The first kappa shape index (κ1) is 25.9. The van der Waals surface area contributed by atoms with Crippen molar-refractivity contribution in [2.75, 3.05) is 6.61 Å². The Morgan fingerprint density at radius 1 is 1.03 bits per heavy atom. The molecule has 2 heterocycles. The van der Waals surface area contributed by atoms with Crippen LogP contribution >= 0.6 is 0 Å². The third-order valence-electron chi connectivity index (χ3n) is 6.40. The summed E-state index contributed by atoms with van der Waals surface area (Å²) in [5.74, 6) is 1.01. The molecule has 0 unspecified atom stereocenters. The van der Waals surface area contributed by atoms with E-state index in [4.69, 9.17) is 4.74 Å². The molecule has 0 fully saturated rings. The molecule has 0 spiro atoms. The van der Waals surface area contributed by atoms with Crippen LogP contribution in [0.5, 0.6) is 0 Å². The molecule has 4 rings (SSSR count). The molecular weight excluding hydrogens is 468 g/mol. The summed E-state index contributed by atoms with van der Waals surface area (Å²) >= 11 is 0. The number of unbranched alkanes of at least 4 members (excludes halogenated alkanes) is 1. The first-order valence-corrected chi connectivity index (χ1v) is 12.7. The van der Waals surface area contributed by atoms with Gasteiger partial charge in [0.05, 0.1) is 6.61 Å². The molecule has 0 atom stereocenters. The summed E-state index contributed by atoms with van der Waals surface area (Å²) in [5, 5.41) is 14.5. The molecule has 0 aliphatic rings. The number of aromatic nitrogens is 6. The second-order valence-corrected chi connectivity index (χ2v) is 8.87. The molecule has 0 aliphatic carbocycles. The molecule has 0 saturated heterocycles. The van der Waals surface area contributed by atoms with Gasteiger partial charge in [-0.25, -0.2) is 0 Å². The molecule has 0 radical (unpaired) electrons. The molecule has 2 aromatic heterocycles. The lowest BCUT2D eigenvalue weighted by atomic mass is 9.98. The van der Waals surface area contributed by atoms with Crippen molar-refractivity contribution in [2.45, 2.75) is 59.4 Å². The van der Waals surface area contributed by atoms with Crippen molar-refractivity contribution in [3.8, 4) is 22.5 Å². The first-order chi connectivity index (χ1) is 18.0. The molecule has 9 heteroatoms. The van der Waals surface area contributed by atoms with Crippen LogP contribution in [0, 0.1) is 6.92 Å². The lowest BCUT2D eigenvalue weighted by Crippen LogP contribution is -2.26. The van der Waals surface area contributed by atoms with Gasteiger partial charge in [0.25, 0.3) is 5.56 Å². The maximum atomic E-state index is 12.8. The summed E-state index contributed by atoms with van der Waals surface area (Å²) in [5.41, 5.74) is 5.21. The van der Waals surface area contributed by atoms with Gasteiger partial charge >= 0.3 is 5.97 Å². The summed E-state index contributed by atoms with van der Waals surface area (Å²) in [4.78, 5) is 29.2. The highest BCUT2D eigenvalue weighted by Gasteiger charge is 2.16. The van der Waals surface area contributed by atoms with E-state index in [1.807, 2.05) is 31.2 Å². The summed E-state index contributed by atoms with van der Waals surface area (Å²) < 4.78 is 7.16. The Balaban J connectivity index is 1.63. The van der Waals surface area contributed by atoms with Crippen LogP contribution in [0.2, 0.25) is 0 Å². The number of ether oxygens (including phenoxy) is 1. The van der Waals surface area contributed by atoms with Gasteiger partial charge < -0.3 is 9.30 Å². The van der Waals surface area contributed by atoms with Gasteiger partial charge in [0, 0.05) is 36.2 Å². The van der Waals surface area contributed by atoms with E-state index in [0.717, 1.165) is 53.0 Å². The number of nitrogens with zero attached hydrogens (tertiary/aromatic N) is 5. The minimum absolute atomic E-state index is 0.161. The molecule has 0 bridgehead atoms. The van der Waals surface area contributed by atoms with Crippen molar-refractivity contribution >= 4 is 5.97 Å². The highest BCUT2D eigenvalue weighted by Crippen LogP contribution is 2.30. The standard InChI is InChI=1S/C28H32N6O3/c1-4-6-11-25-29-28(36)22(16-17-26(35)37-5-2)19(3)34(25)18-20-12-14-21(15-13-20)23-9-7-8-10-24(23)27-30-32-33-31-27/h7-10,12-15H,4-6,11,16-18H2,1-3H3,(H,30,31,32,33). The number of rotatable bonds is 11. The molecule has 0 saturated carbocycles. The Kier molecular flexibility index (Phi) is 8.56. The van der Waals surface area contributed by atoms with E-state index >= 15 is 0 Å². The van der Waals surface area contributed by atoms with Crippen LogP contribution in [-0.2, 0) is 28.9 Å². The van der Waals surface area contributed by atoms with Gasteiger partial charge in [-0.3, -0.25) is 9.59 Å². The second-order valence-electron chi connectivity index (χ2n) is 8.87. The lowest BCUT2D eigenvalue weighted by molar-refractivity contribution is -0.143. The molecule has 1 N–H and O–H groups in total. The van der Waals surface area contributed by atoms with Crippen molar-refractivity contribution < 1.29 is 9.53 Å². The van der Waals surface area contributed by atoms with Crippen molar-refractivity contribution in [2.24, 2.45) is 0 Å². The zero-order valence-corrected chi connectivity index (χ0v) is 21.5. The Morgan fingerprint density at radius 3 is 2.46 bits per heavy atom. The van der Waals surface area contributed by atoms with Gasteiger partial charge in [-0.15, -0.1) is 10.2 Å². The van der Waals surface area contributed by atoms with E-state index in [-0.39, 0.29) is 17.9 Å². The molecule has 2 aromatic carbocycles. The van der Waals surface area contributed by atoms with Crippen LogP contribution in [0.15, 0.2) is 53.3 Å². The Bertz CT molecular complexity index is 1390. The summed E-state index contributed by atoms with van der Waals surface area (Å²) in [7, 11) is 0. The van der Waals surface area contributed by atoms with E-state index in [2.05, 4.69) is 61.4 Å². The number of aryl methyl sites for hydroxylation is 1. The predicted molar refractivity (Wildman–Crippen MR) is 141 cm³/mol. The normalized spacial score (nSPS) is 11.0. The van der Waals surface area contributed by atoms with Crippen LogP contribution in [0.4, 0.5) is 0 Å². The van der Waals surface area contributed by atoms with Crippen molar-refractivity contribution in [3.05, 3.63) is 81.5 Å². The highest BCUT2D eigenvalue weighted by atomic mass is 16.5. The number of nitrogens with one attached hydrogen (secondary N) is 1. The van der Waals surface area contributed by atoms with E-state index in [1.165, 1.54) is 0 Å². The number of hydrogen-bond acceptors (Lipinski definition) is 7. The molecule has 9 nitrogen and oxygen atoms in total. The fourth-order valence-corrected chi connectivity index (χ4v) is 4.42. The van der Waals surface area contributed by atoms with Crippen LogP contribution in [0.3, 0.4) is 0 Å². The Morgan fingerprint density at radius 2 is 1.78 bits per heavy atom. The number of carbonyl (C=O) groups is 1. The van der Waals surface area contributed by atoms with Crippen LogP contribution in [-0.4, -0.2) is 42.8 Å². The fourth-order valence-electron chi connectivity index (χ4n) is 4.42. The largest absolute Gasteiger partial charge is 0.466 e. The Hall–Kier alpha value is -4.14. The number of benzene rings is 2. The van der Waals surface area contributed by atoms with Crippen LogP contribution in [0.1, 0.15) is 55.8 Å². The quantitative estimate of drug-likeness (QED) is 0.306. The average Bonchev–Trinajstić information content (AvgIpc) is 3.45. The van der Waals surface area contributed by atoms with Crippen molar-refractivity contribution in [1.82, 2.24) is 30.2 Å². The average molecular weight is 501 g/mol. The van der Waals surface area contributed by atoms with Gasteiger partial charge in [0.15, 0.2) is 0 Å². The van der Waals surface area contributed by atoms with Gasteiger partial charge in [0.2, 0.25) is 5.82 Å². The highest BCUT2D eigenvalue weighted by molar-refractivity contribution is 5.80. The monoisotopic (exact) mass is 500 g/mol. The van der Waals surface area contributed by atoms with Crippen molar-refractivity contribution in [1.29, 1.82) is 0 Å². The van der Waals surface area contributed by atoms with Crippen LogP contribution in [0.25, 0.3) is 22.5 Å².